The minimum absolute atomic E-state index is 0.0469. The minimum atomic E-state index is -4.47. The van der Waals surface area contributed by atoms with Crippen molar-refractivity contribution in [3.8, 4) is 0 Å². The first-order valence-corrected chi connectivity index (χ1v) is 12.9. The number of alkyl halides is 3. The van der Waals surface area contributed by atoms with Crippen molar-refractivity contribution in [2.75, 3.05) is 26.2 Å². The number of hydrogen-bond donors (Lipinski definition) is 2. The maximum absolute atomic E-state index is 13.0. The molecule has 2 spiro atoms. The van der Waals surface area contributed by atoms with E-state index < -0.39 is 22.9 Å². The summed E-state index contributed by atoms with van der Waals surface area (Å²) in [7, 11) is 0. The molecule has 5 aliphatic rings. The van der Waals surface area contributed by atoms with Crippen LogP contribution in [0.4, 0.5) is 18.0 Å². The SMILES string of the molecule is O=C(N1CC2(CC(Cn3cc(C(F)(F)F)ccc3=O)C2)C1)N1CC2(CC(c3nc(C4(O)CC4)n[nH]3)C2)C1. The molecule has 2 aromatic rings. The maximum Gasteiger partial charge on any atom is 0.417 e. The lowest BCUT2D eigenvalue weighted by molar-refractivity contribution is -0.138. The molecule has 12 heteroatoms. The molecule has 0 atom stereocenters. The molecule has 2 amide bonds. The highest BCUT2D eigenvalue weighted by atomic mass is 19.4. The van der Waals surface area contributed by atoms with E-state index in [0.717, 1.165) is 62.9 Å². The molecule has 198 valence electrons. The second kappa shape index (κ2) is 7.36. The molecule has 3 saturated carbocycles. The van der Waals surface area contributed by atoms with Gasteiger partial charge in [0.25, 0.3) is 5.56 Å². The van der Waals surface area contributed by atoms with Gasteiger partial charge in [-0.15, -0.1) is 0 Å². The molecule has 0 unspecified atom stereocenters. The zero-order chi connectivity index (χ0) is 25.8. The Balaban J connectivity index is 0.863. The fourth-order valence-corrected chi connectivity index (χ4v) is 7.11. The molecule has 9 nitrogen and oxygen atoms in total. The average Bonchev–Trinajstić information content (AvgIpc) is 3.27. The van der Waals surface area contributed by atoms with Crippen molar-refractivity contribution in [3.63, 3.8) is 0 Å². The minimum Gasteiger partial charge on any atom is -0.382 e. The van der Waals surface area contributed by atoms with Crippen LogP contribution in [0.25, 0.3) is 0 Å². The molecule has 0 aromatic carbocycles. The van der Waals surface area contributed by atoms with E-state index in [1.54, 1.807) is 0 Å². The van der Waals surface area contributed by atoms with Crippen molar-refractivity contribution in [2.45, 2.75) is 62.8 Å². The summed E-state index contributed by atoms with van der Waals surface area (Å²) < 4.78 is 40.1. The topological polar surface area (TPSA) is 107 Å². The van der Waals surface area contributed by atoms with Gasteiger partial charge in [-0.25, -0.2) is 9.78 Å². The molecule has 2 aliphatic heterocycles. The van der Waals surface area contributed by atoms with Crippen molar-refractivity contribution < 1.29 is 23.1 Å². The summed E-state index contributed by atoms with van der Waals surface area (Å²) in [5.74, 6) is 1.78. The quantitative estimate of drug-likeness (QED) is 0.647. The number of pyridine rings is 1. The number of likely N-dealkylation sites (tertiary alicyclic amines) is 2. The summed E-state index contributed by atoms with van der Waals surface area (Å²) in [5.41, 5.74) is -1.86. The van der Waals surface area contributed by atoms with Gasteiger partial charge in [-0.05, 0) is 50.5 Å². The van der Waals surface area contributed by atoms with Gasteiger partial charge >= 0.3 is 12.2 Å². The van der Waals surface area contributed by atoms with Crippen LogP contribution in [0.15, 0.2) is 23.1 Å². The summed E-state index contributed by atoms with van der Waals surface area (Å²) in [5, 5.41) is 17.3. The van der Waals surface area contributed by atoms with Gasteiger partial charge in [0.2, 0.25) is 0 Å². The average molecular weight is 519 g/mol. The second-order valence-corrected chi connectivity index (χ2v) is 12.4. The number of carbonyl (C=O) groups is 1. The number of rotatable bonds is 4. The fourth-order valence-electron chi connectivity index (χ4n) is 7.11. The van der Waals surface area contributed by atoms with Crippen LogP contribution in [0.3, 0.4) is 0 Å². The van der Waals surface area contributed by atoms with Crippen LogP contribution in [-0.4, -0.2) is 66.9 Å². The zero-order valence-corrected chi connectivity index (χ0v) is 20.3. The number of H-pyrrole nitrogens is 1. The van der Waals surface area contributed by atoms with Crippen molar-refractivity contribution in [3.05, 3.63) is 45.9 Å². The molecule has 4 heterocycles. The molecule has 37 heavy (non-hydrogen) atoms. The molecular formula is C25H29F3N6O3. The molecule has 7 rings (SSSR count). The third-order valence-electron chi connectivity index (χ3n) is 9.24. The molecule has 2 N–H and O–H groups in total. The Bertz CT molecular complexity index is 1300. The van der Waals surface area contributed by atoms with E-state index in [0.29, 0.717) is 37.7 Å². The van der Waals surface area contributed by atoms with Gasteiger partial charge in [0, 0.05) is 61.7 Å². The number of urea groups is 1. The van der Waals surface area contributed by atoms with Gasteiger partial charge in [0.1, 0.15) is 11.4 Å². The third-order valence-corrected chi connectivity index (χ3v) is 9.24. The number of hydrogen-bond acceptors (Lipinski definition) is 5. The monoisotopic (exact) mass is 518 g/mol. The number of aromatic nitrogens is 4. The van der Waals surface area contributed by atoms with Gasteiger partial charge < -0.3 is 19.5 Å². The second-order valence-electron chi connectivity index (χ2n) is 12.4. The summed E-state index contributed by atoms with van der Waals surface area (Å²) in [6, 6.07) is 1.87. The Morgan fingerprint density at radius 3 is 2.27 bits per heavy atom. The predicted octanol–water partition coefficient (Wildman–Crippen LogP) is 2.68. The smallest absolute Gasteiger partial charge is 0.382 e. The van der Waals surface area contributed by atoms with Crippen LogP contribution in [-0.2, 0) is 18.3 Å². The summed E-state index contributed by atoms with van der Waals surface area (Å²) in [4.78, 5) is 33.2. The first kappa shape index (κ1) is 23.2. The number of carbonyl (C=O) groups excluding carboxylic acids is 1. The Morgan fingerprint density at radius 2 is 1.68 bits per heavy atom. The predicted molar refractivity (Wildman–Crippen MR) is 123 cm³/mol. The van der Waals surface area contributed by atoms with Crippen molar-refractivity contribution in [1.29, 1.82) is 0 Å². The van der Waals surface area contributed by atoms with E-state index in [2.05, 4.69) is 15.2 Å². The fraction of sp³-hybridized carbons (Fsp3) is 0.680. The summed E-state index contributed by atoms with van der Waals surface area (Å²) >= 11 is 0. The van der Waals surface area contributed by atoms with E-state index in [1.807, 2.05) is 9.80 Å². The van der Waals surface area contributed by atoms with Gasteiger partial charge in [0.05, 0.1) is 5.56 Å². The lowest BCUT2D eigenvalue weighted by Gasteiger charge is -2.63. The Kier molecular flexibility index (Phi) is 4.62. The number of nitrogens with zero attached hydrogens (tertiary/aromatic N) is 5. The highest BCUT2D eigenvalue weighted by molar-refractivity contribution is 5.77. The summed E-state index contributed by atoms with van der Waals surface area (Å²) in [6.45, 7) is 3.13. The standard InChI is InChI=1S/C25H29F3N6O3/c26-25(27,28)17-1-2-18(35)32(10-17)9-15-5-22(6-15)11-33(12-22)21(36)34-13-23(14-34)7-16(8-23)19-29-20(31-30-19)24(37)3-4-24/h1-2,10,15-16,37H,3-9,11-14H2,(H,29,30,31). The molecule has 3 aliphatic carbocycles. The van der Waals surface area contributed by atoms with Crippen LogP contribution >= 0.6 is 0 Å². The maximum atomic E-state index is 13.0. The van der Waals surface area contributed by atoms with Crippen molar-refractivity contribution in [2.24, 2.45) is 16.7 Å². The van der Waals surface area contributed by atoms with E-state index in [-0.39, 0.29) is 29.3 Å². The lowest BCUT2D eigenvalue weighted by atomic mass is 9.57. The van der Waals surface area contributed by atoms with Gasteiger partial charge in [-0.2, -0.15) is 18.3 Å². The van der Waals surface area contributed by atoms with Crippen LogP contribution in [0.2, 0.25) is 0 Å². The number of aliphatic hydroxyl groups is 1. The number of aromatic amines is 1. The molecule has 0 bridgehead atoms. The molecule has 2 aromatic heterocycles. The van der Waals surface area contributed by atoms with Gasteiger partial charge in [-0.3, -0.25) is 9.89 Å². The Hall–Kier alpha value is -2.89. The lowest BCUT2D eigenvalue weighted by Crippen LogP contribution is -2.71. The first-order valence-electron chi connectivity index (χ1n) is 12.9. The van der Waals surface area contributed by atoms with Crippen molar-refractivity contribution in [1.82, 2.24) is 29.5 Å². The largest absolute Gasteiger partial charge is 0.417 e. The normalized spacial score (nSPS) is 25.4. The third kappa shape index (κ3) is 3.78. The van der Waals surface area contributed by atoms with E-state index >= 15 is 0 Å². The van der Waals surface area contributed by atoms with Crippen LogP contribution in [0.5, 0.6) is 0 Å². The first-order chi connectivity index (χ1) is 17.4. The van der Waals surface area contributed by atoms with Crippen molar-refractivity contribution >= 4 is 6.03 Å². The molecule has 0 radical (unpaired) electrons. The number of halogens is 3. The molecular weight excluding hydrogens is 489 g/mol. The zero-order valence-electron chi connectivity index (χ0n) is 20.3. The van der Waals surface area contributed by atoms with Crippen LogP contribution in [0, 0.1) is 16.7 Å². The van der Waals surface area contributed by atoms with Crippen LogP contribution < -0.4 is 5.56 Å². The molecule has 5 fully saturated rings. The van der Waals surface area contributed by atoms with E-state index in [4.69, 9.17) is 0 Å². The highest BCUT2D eigenvalue weighted by Gasteiger charge is 2.59. The van der Waals surface area contributed by atoms with Crippen LogP contribution in [0.1, 0.15) is 61.7 Å². The number of nitrogens with one attached hydrogen (secondary N) is 1. The van der Waals surface area contributed by atoms with E-state index in [1.165, 1.54) is 4.57 Å². The highest BCUT2D eigenvalue weighted by Crippen LogP contribution is 2.57. The molecule has 2 saturated heterocycles. The van der Waals surface area contributed by atoms with Gasteiger partial charge in [-0.1, -0.05) is 0 Å². The van der Waals surface area contributed by atoms with E-state index in [9.17, 15) is 27.9 Å². The Labute approximate surface area is 210 Å². The van der Waals surface area contributed by atoms with Gasteiger partial charge in [0.15, 0.2) is 5.82 Å². The Morgan fingerprint density at radius 1 is 1.05 bits per heavy atom. The summed E-state index contributed by atoms with van der Waals surface area (Å²) in [6.07, 6.45) is 1.42. The number of amides is 2.